The van der Waals surface area contributed by atoms with E-state index in [-0.39, 0.29) is 0 Å². The van der Waals surface area contributed by atoms with Crippen LogP contribution in [0.5, 0.6) is 0 Å². The van der Waals surface area contributed by atoms with Crippen LogP contribution in [-0.4, -0.2) is 51.8 Å². The molecule has 0 aromatic rings. The van der Waals surface area contributed by atoms with Gasteiger partial charge < -0.3 is 22.1 Å². The fourth-order valence-electron chi connectivity index (χ4n) is 1.07. The largest absolute Gasteiger partial charge is 0.484 e. The van der Waals surface area contributed by atoms with E-state index in [1.54, 1.807) is 0 Å². The van der Waals surface area contributed by atoms with E-state index in [1.165, 1.54) is 0 Å². The minimum Gasteiger partial charge on any atom is -0.397 e. The Morgan fingerprint density at radius 1 is 0.556 bits per heavy atom. The molecule has 0 N–H and O–H groups in total. The third-order valence-corrected chi connectivity index (χ3v) is 5.13. The molecule has 0 radical (unpaired) electrons. The SMILES string of the molecule is CCO[SiH](C)OCC.CCO[SiH](OCC)OCC. The lowest BCUT2D eigenvalue weighted by Crippen LogP contribution is -2.27. The molecule has 0 aromatic heterocycles. The van der Waals surface area contributed by atoms with E-state index >= 15 is 0 Å². The van der Waals surface area contributed by atoms with Crippen LogP contribution in [-0.2, 0) is 22.1 Å². The first-order valence-electron chi connectivity index (χ1n) is 6.73. The van der Waals surface area contributed by atoms with Crippen molar-refractivity contribution in [1.82, 2.24) is 0 Å². The summed E-state index contributed by atoms with van der Waals surface area (Å²) in [5, 5.41) is 0. The molecule has 0 atom stereocenters. The van der Waals surface area contributed by atoms with Crippen LogP contribution in [0.1, 0.15) is 34.6 Å². The van der Waals surface area contributed by atoms with Gasteiger partial charge in [-0.25, -0.2) is 0 Å². The highest BCUT2D eigenvalue weighted by Crippen LogP contribution is 1.91. The molecule has 7 heteroatoms. The lowest BCUT2D eigenvalue weighted by atomic mass is 10.9. The van der Waals surface area contributed by atoms with Crippen LogP contribution in [0.4, 0.5) is 0 Å². The van der Waals surface area contributed by atoms with Gasteiger partial charge in [-0.2, -0.15) is 0 Å². The predicted octanol–water partition coefficient (Wildman–Crippen LogP) is 1.72. The third-order valence-electron chi connectivity index (χ3n) is 1.71. The van der Waals surface area contributed by atoms with E-state index < -0.39 is 18.8 Å². The molecule has 0 aromatic carbocycles. The minimum absolute atomic E-state index is 0.677. The number of rotatable bonds is 10. The maximum absolute atomic E-state index is 5.22. The summed E-state index contributed by atoms with van der Waals surface area (Å²) in [6.07, 6.45) is 0. The van der Waals surface area contributed by atoms with Crippen molar-refractivity contribution in [3.63, 3.8) is 0 Å². The summed E-state index contributed by atoms with van der Waals surface area (Å²) >= 11 is 0. The summed E-state index contributed by atoms with van der Waals surface area (Å²) in [6, 6.07) is 0. The fourth-order valence-corrected chi connectivity index (χ4v) is 3.21. The Balaban J connectivity index is 0. The normalized spacial score (nSPS) is 10.7. The smallest absolute Gasteiger partial charge is 0.397 e. The predicted molar refractivity (Wildman–Crippen MR) is 78.3 cm³/mol. The molecule has 0 aliphatic heterocycles. The van der Waals surface area contributed by atoms with Crippen molar-refractivity contribution in [2.24, 2.45) is 0 Å². The maximum Gasteiger partial charge on any atom is 0.484 e. The molecule has 0 heterocycles. The standard InChI is InChI=1S/C6H16O3Si.C5H14O2Si/c1-4-7-10(8-5-2)9-6-3;1-4-6-8(3)7-5-2/h10H,4-6H2,1-3H3;8H,4-5H2,1-3H3. The average molecular weight is 299 g/mol. The van der Waals surface area contributed by atoms with E-state index in [0.717, 1.165) is 13.2 Å². The van der Waals surface area contributed by atoms with E-state index in [4.69, 9.17) is 22.1 Å². The maximum atomic E-state index is 5.22. The van der Waals surface area contributed by atoms with Crippen molar-refractivity contribution >= 4 is 18.8 Å². The highest BCUT2D eigenvalue weighted by molar-refractivity contribution is 6.42. The van der Waals surface area contributed by atoms with Crippen LogP contribution >= 0.6 is 0 Å². The van der Waals surface area contributed by atoms with Gasteiger partial charge in [-0.1, -0.05) is 0 Å². The molecule has 18 heavy (non-hydrogen) atoms. The van der Waals surface area contributed by atoms with E-state index in [9.17, 15) is 0 Å². The lowest BCUT2D eigenvalue weighted by molar-refractivity contribution is 0.107. The molecule has 112 valence electrons. The lowest BCUT2D eigenvalue weighted by Gasteiger charge is -2.12. The topological polar surface area (TPSA) is 46.2 Å². The summed E-state index contributed by atoms with van der Waals surface area (Å²) in [6.45, 7) is 15.4. The summed E-state index contributed by atoms with van der Waals surface area (Å²) in [7, 11) is -2.94. The van der Waals surface area contributed by atoms with Crippen LogP contribution in [0.2, 0.25) is 6.55 Å². The summed E-state index contributed by atoms with van der Waals surface area (Å²) < 4.78 is 26.0. The van der Waals surface area contributed by atoms with Crippen LogP contribution < -0.4 is 0 Å². The third kappa shape index (κ3) is 16.2. The Bertz CT molecular complexity index is 131. The molecule has 0 aliphatic rings. The minimum atomic E-state index is -1.73. The van der Waals surface area contributed by atoms with Crippen molar-refractivity contribution in [3.8, 4) is 0 Å². The zero-order chi connectivity index (χ0) is 14.2. The zero-order valence-corrected chi connectivity index (χ0v) is 15.0. The molecule has 0 rings (SSSR count). The molecular weight excluding hydrogens is 268 g/mol. The molecular formula is C11H30O5Si2. The second kappa shape index (κ2) is 17.2. The van der Waals surface area contributed by atoms with Gasteiger partial charge in [-0.05, 0) is 41.2 Å². The molecule has 0 bridgehead atoms. The van der Waals surface area contributed by atoms with Crippen LogP contribution in [0.15, 0.2) is 0 Å². The monoisotopic (exact) mass is 298 g/mol. The van der Waals surface area contributed by atoms with E-state index in [0.29, 0.717) is 19.8 Å². The number of hydrogen-bond acceptors (Lipinski definition) is 5. The van der Waals surface area contributed by atoms with Crippen molar-refractivity contribution in [2.45, 2.75) is 41.2 Å². The highest BCUT2D eigenvalue weighted by atomic mass is 28.3. The first-order chi connectivity index (χ1) is 8.65. The van der Waals surface area contributed by atoms with E-state index in [1.807, 2.05) is 41.2 Å². The van der Waals surface area contributed by atoms with Gasteiger partial charge in [0.2, 0.25) is 0 Å². The molecule has 0 aliphatic carbocycles. The van der Waals surface area contributed by atoms with Gasteiger partial charge in [-0.15, -0.1) is 0 Å². The van der Waals surface area contributed by atoms with Gasteiger partial charge in [-0.3, -0.25) is 0 Å². The molecule has 5 nitrogen and oxygen atoms in total. The Hall–Kier alpha value is 0.234. The summed E-state index contributed by atoms with van der Waals surface area (Å²) in [5.41, 5.74) is 0. The Morgan fingerprint density at radius 3 is 1.06 bits per heavy atom. The fraction of sp³-hybridized carbons (Fsp3) is 1.00. The van der Waals surface area contributed by atoms with Gasteiger partial charge in [0.15, 0.2) is 0 Å². The molecule has 0 saturated heterocycles. The second-order valence-corrected chi connectivity index (χ2v) is 6.51. The van der Waals surface area contributed by atoms with Crippen molar-refractivity contribution < 1.29 is 22.1 Å². The van der Waals surface area contributed by atoms with Gasteiger partial charge in [0.05, 0.1) is 0 Å². The van der Waals surface area contributed by atoms with Crippen molar-refractivity contribution in [3.05, 3.63) is 0 Å². The van der Waals surface area contributed by atoms with Gasteiger partial charge in [0.1, 0.15) is 0 Å². The highest BCUT2D eigenvalue weighted by Gasteiger charge is 2.11. The summed E-state index contributed by atoms with van der Waals surface area (Å²) in [5.74, 6) is 0. The van der Waals surface area contributed by atoms with Gasteiger partial charge in [0, 0.05) is 33.0 Å². The Labute approximate surface area is 116 Å². The second-order valence-electron chi connectivity index (χ2n) is 3.13. The molecule has 0 fully saturated rings. The molecule has 0 saturated carbocycles. The van der Waals surface area contributed by atoms with Crippen LogP contribution in [0, 0.1) is 0 Å². The van der Waals surface area contributed by atoms with Crippen LogP contribution in [0.3, 0.4) is 0 Å². The van der Waals surface area contributed by atoms with Gasteiger partial charge in [0.25, 0.3) is 0 Å². The molecule has 0 unspecified atom stereocenters. The quantitative estimate of drug-likeness (QED) is 0.575. The molecule has 0 spiro atoms. The Kier molecular flexibility index (Phi) is 19.7. The first-order valence-corrected chi connectivity index (χ1v) is 10.2. The molecule has 0 amide bonds. The summed E-state index contributed by atoms with van der Waals surface area (Å²) in [4.78, 5) is 0. The Morgan fingerprint density at radius 2 is 0.833 bits per heavy atom. The van der Waals surface area contributed by atoms with Crippen molar-refractivity contribution in [2.75, 3.05) is 33.0 Å². The van der Waals surface area contributed by atoms with Crippen LogP contribution in [0.25, 0.3) is 0 Å². The zero-order valence-electron chi connectivity index (χ0n) is 12.7. The first kappa shape index (κ1) is 20.5. The average Bonchev–Trinajstić information content (AvgIpc) is 2.31. The van der Waals surface area contributed by atoms with Crippen molar-refractivity contribution in [1.29, 1.82) is 0 Å². The van der Waals surface area contributed by atoms with E-state index in [2.05, 4.69) is 0 Å². The van der Waals surface area contributed by atoms with Gasteiger partial charge >= 0.3 is 18.8 Å². The number of hydrogen-bond donors (Lipinski definition) is 0.